The van der Waals surface area contributed by atoms with Crippen LogP contribution in [0.5, 0.6) is 5.88 Å². The monoisotopic (exact) mass is 473 g/mol. The van der Waals surface area contributed by atoms with E-state index in [2.05, 4.69) is 21.9 Å². The van der Waals surface area contributed by atoms with Gasteiger partial charge in [0.15, 0.2) is 5.82 Å². The van der Waals surface area contributed by atoms with Gasteiger partial charge in [0, 0.05) is 47.0 Å². The number of likely N-dealkylation sites (N-methyl/N-ethyl adjacent to an activating group) is 2. The predicted octanol–water partition coefficient (Wildman–Crippen LogP) is 3.10. The molecule has 0 N–H and O–H groups in total. The minimum absolute atomic E-state index is 0.0365. The van der Waals surface area contributed by atoms with E-state index in [0.717, 1.165) is 25.8 Å². The third kappa shape index (κ3) is 8.03. The number of rotatable bonds is 13. The van der Waals surface area contributed by atoms with Crippen molar-refractivity contribution in [1.82, 2.24) is 14.9 Å². The topological polar surface area (TPSA) is 80.3 Å². The minimum atomic E-state index is -0.0935. The molecule has 0 radical (unpaired) electrons. The summed E-state index contributed by atoms with van der Waals surface area (Å²) < 4.78 is 16.7. The Kier molecular flexibility index (Phi) is 13.5. The second-order valence-electron chi connectivity index (χ2n) is 7.54. The van der Waals surface area contributed by atoms with Crippen molar-refractivity contribution in [3.05, 3.63) is 5.28 Å². The Hall–Kier alpha value is -1.68. The quantitative estimate of drug-likeness (QED) is 0.245. The Labute approximate surface area is 198 Å². The van der Waals surface area contributed by atoms with Crippen LogP contribution in [0.25, 0.3) is 0 Å². The molecular formula is C22H40ClN5O4. The van der Waals surface area contributed by atoms with E-state index in [9.17, 15) is 4.79 Å². The summed E-state index contributed by atoms with van der Waals surface area (Å²) in [6.07, 6.45) is 3.53. The number of aromatic nitrogens is 2. The van der Waals surface area contributed by atoms with Gasteiger partial charge in [0.1, 0.15) is 11.8 Å². The zero-order valence-corrected chi connectivity index (χ0v) is 21.4. The first-order chi connectivity index (χ1) is 15.4. The molecule has 0 aromatic carbocycles. The fourth-order valence-electron chi connectivity index (χ4n) is 3.73. The Bertz CT molecular complexity index is 682. The molecule has 1 saturated heterocycles. The van der Waals surface area contributed by atoms with E-state index >= 15 is 0 Å². The molecule has 1 amide bonds. The van der Waals surface area contributed by atoms with Crippen LogP contribution in [-0.2, 0) is 14.3 Å². The van der Waals surface area contributed by atoms with Gasteiger partial charge >= 0.3 is 0 Å². The van der Waals surface area contributed by atoms with E-state index in [0.29, 0.717) is 56.2 Å². The first-order valence-electron chi connectivity index (χ1n) is 11.3. The molecule has 9 nitrogen and oxygen atoms in total. The van der Waals surface area contributed by atoms with Crippen molar-refractivity contribution in [3.8, 4) is 5.88 Å². The zero-order valence-electron chi connectivity index (χ0n) is 20.6. The molecule has 2 atom stereocenters. The van der Waals surface area contributed by atoms with E-state index < -0.39 is 0 Å². The van der Waals surface area contributed by atoms with Crippen molar-refractivity contribution in [1.29, 1.82) is 0 Å². The zero-order chi connectivity index (χ0) is 24.1. The van der Waals surface area contributed by atoms with Gasteiger partial charge in [-0.25, -0.2) is 0 Å². The normalized spacial score (nSPS) is 16.8. The molecule has 2 heterocycles. The summed E-state index contributed by atoms with van der Waals surface area (Å²) >= 11 is 6.24. The van der Waals surface area contributed by atoms with Crippen molar-refractivity contribution < 1.29 is 19.0 Å². The maximum atomic E-state index is 11.9. The maximum Gasteiger partial charge on any atom is 0.244 e. The molecule has 1 aliphatic rings. The Morgan fingerprint density at radius 3 is 2.47 bits per heavy atom. The van der Waals surface area contributed by atoms with Crippen LogP contribution in [0.4, 0.5) is 11.5 Å². The van der Waals surface area contributed by atoms with Crippen molar-refractivity contribution >= 4 is 29.5 Å². The number of amides is 1. The van der Waals surface area contributed by atoms with Gasteiger partial charge in [0.25, 0.3) is 0 Å². The lowest BCUT2D eigenvalue weighted by Gasteiger charge is -2.30. The number of methoxy groups -OCH3 is 2. The molecule has 1 fully saturated rings. The average molecular weight is 474 g/mol. The van der Waals surface area contributed by atoms with Gasteiger partial charge < -0.3 is 19.1 Å². The molecule has 0 saturated carbocycles. The van der Waals surface area contributed by atoms with Crippen LogP contribution in [0.1, 0.15) is 40.0 Å². The number of likely N-dealkylation sites (tertiary alicyclic amines) is 1. The van der Waals surface area contributed by atoms with Crippen molar-refractivity contribution in [2.75, 3.05) is 71.0 Å². The number of hydrogen-bond donors (Lipinski definition) is 0. The summed E-state index contributed by atoms with van der Waals surface area (Å²) in [4.78, 5) is 26.4. The molecule has 184 valence electrons. The van der Waals surface area contributed by atoms with Gasteiger partial charge in [0.05, 0.1) is 6.61 Å². The number of nitrogens with zero attached hydrogens (tertiary/aromatic N) is 5. The molecule has 0 aliphatic carbocycles. The van der Waals surface area contributed by atoms with Crippen LogP contribution in [0.3, 0.4) is 0 Å². The second kappa shape index (κ2) is 15.2. The van der Waals surface area contributed by atoms with Crippen molar-refractivity contribution in [3.63, 3.8) is 0 Å². The minimum Gasteiger partial charge on any atom is -0.471 e. The highest BCUT2D eigenvalue weighted by molar-refractivity contribution is 6.28. The van der Waals surface area contributed by atoms with Gasteiger partial charge in [-0.3, -0.25) is 14.6 Å². The van der Waals surface area contributed by atoms with Crippen LogP contribution in [0, 0.1) is 0 Å². The number of ether oxygens (including phenoxy) is 3. The summed E-state index contributed by atoms with van der Waals surface area (Å²) in [5.74, 6) is 0.789. The molecule has 1 unspecified atom stereocenters. The standard InChI is InChI=1S/C20H34ClN5O4.C2H6/c1-15(16-8-6-9-24(16)2)30-19-17(25(3)11-13-29-5)18(22-20(21)23-19)26(14-27)10-7-12-28-4;1-2/h14-16H,6-13H2,1-5H3;1-2H3/t15?,16-;/m0./s1. The number of anilines is 2. The third-order valence-electron chi connectivity index (χ3n) is 5.38. The molecule has 1 aromatic heterocycles. The number of carbonyl (C=O) groups is 1. The largest absolute Gasteiger partial charge is 0.471 e. The van der Waals surface area contributed by atoms with E-state index in [1.54, 1.807) is 14.2 Å². The van der Waals surface area contributed by atoms with Crippen LogP contribution >= 0.6 is 11.6 Å². The van der Waals surface area contributed by atoms with Crippen LogP contribution < -0.4 is 14.5 Å². The van der Waals surface area contributed by atoms with Crippen LogP contribution in [-0.4, -0.2) is 94.6 Å². The molecule has 32 heavy (non-hydrogen) atoms. The highest BCUT2D eigenvalue weighted by Gasteiger charge is 2.30. The lowest BCUT2D eigenvalue weighted by atomic mass is 10.1. The van der Waals surface area contributed by atoms with Crippen molar-refractivity contribution in [2.45, 2.75) is 52.2 Å². The highest BCUT2D eigenvalue weighted by atomic mass is 35.5. The molecule has 0 bridgehead atoms. The second-order valence-corrected chi connectivity index (χ2v) is 7.88. The molecular weight excluding hydrogens is 434 g/mol. The smallest absolute Gasteiger partial charge is 0.244 e. The Morgan fingerprint density at radius 1 is 1.22 bits per heavy atom. The fraction of sp³-hybridized carbons (Fsp3) is 0.773. The van der Waals surface area contributed by atoms with E-state index in [1.807, 2.05) is 32.7 Å². The molecule has 2 rings (SSSR count). The SMILES string of the molecule is CC.COCCCN(C=O)c1nc(Cl)nc(OC(C)[C@@H]2CCCN2C)c1N(C)CCOC. The van der Waals surface area contributed by atoms with E-state index in [-0.39, 0.29) is 11.4 Å². The lowest BCUT2D eigenvalue weighted by molar-refractivity contribution is -0.107. The van der Waals surface area contributed by atoms with Gasteiger partial charge in [-0.15, -0.1) is 0 Å². The predicted molar refractivity (Wildman–Crippen MR) is 129 cm³/mol. The number of hydrogen-bond acceptors (Lipinski definition) is 8. The summed E-state index contributed by atoms with van der Waals surface area (Å²) in [7, 11) is 7.27. The third-order valence-corrected chi connectivity index (χ3v) is 5.55. The summed E-state index contributed by atoms with van der Waals surface area (Å²) in [5, 5.41) is 0.0365. The summed E-state index contributed by atoms with van der Waals surface area (Å²) in [6, 6.07) is 0.295. The fourth-order valence-corrected chi connectivity index (χ4v) is 3.88. The lowest BCUT2D eigenvalue weighted by Crippen LogP contribution is -2.39. The number of carbonyl (C=O) groups excluding carboxylic acids is 1. The molecule has 1 aromatic rings. The highest BCUT2D eigenvalue weighted by Crippen LogP contribution is 2.37. The van der Waals surface area contributed by atoms with E-state index in [4.69, 9.17) is 25.8 Å². The average Bonchev–Trinajstić information content (AvgIpc) is 3.22. The van der Waals surface area contributed by atoms with E-state index in [1.165, 1.54) is 4.90 Å². The van der Waals surface area contributed by atoms with Gasteiger partial charge in [-0.05, 0) is 51.4 Å². The van der Waals surface area contributed by atoms with Gasteiger partial charge in [-0.2, -0.15) is 9.97 Å². The molecule has 10 heteroatoms. The van der Waals surface area contributed by atoms with Crippen LogP contribution in [0.15, 0.2) is 0 Å². The summed E-state index contributed by atoms with van der Waals surface area (Å²) in [5.41, 5.74) is 0.619. The first-order valence-corrected chi connectivity index (χ1v) is 11.7. The molecule has 0 spiro atoms. The van der Waals surface area contributed by atoms with Crippen LogP contribution in [0.2, 0.25) is 5.28 Å². The van der Waals surface area contributed by atoms with Gasteiger partial charge in [0.2, 0.25) is 17.6 Å². The van der Waals surface area contributed by atoms with Crippen molar-refractivity contribution in [2.24, 2.45) is 0 Å². The number of halogens is 1. The first kappa shape index (κ1) is 28.4. The van der Waals surface area contributed by atoms with Gasteiger partial charge in [-0.1, -0.05) is 13.8 Å². The summed E-state index contributed by atoms with van der Waals surface area (Å²) in [6.45, 7) is 9.14. The molecule has 1 aliphatic heterocycles. The Balaban J connectivity index is 0.00000249. The maximum absolute atomic E-state index is 11.9. The Morgan fingerprint density at radius 2 is 1.91 bits per heavy atom.